The number of nitrogens with one attached hydrogen (secondary N) is 1. The van der Waals surface area contributed by atoms with E-state index in [1.54, 1.807) is 36.0 Å². The third-order valence-corrected chi connectivity index (χ3v) is 8.09. The fourth-order valence-electron chi connectivity index (χ4n) is 4.47. The SMILES string of the molecule is C[C@H](COC(=O)c1ccccc1)[C@@H](C)C1O[C@@](C)(Sc2ccccc2)C[C@@H](OC(=O)C(C)(C)C)[C@H]1NCO. The highest BCUT2D eigenvalue weighted by Crippen LogP contribution is 2.45. The first-order chi connectivity index (χ1) is 17.9. The molecule has 2 aromatic rings. The highest BCUT2D eigenvalue weighted by molar-refractivity contribution is 8.00. The Morgan fingerprint density at radius 3 is 2.29 bits per heavy atom. The lowest BCUT2D eigenvalue weighted by Crippen LogP contribution is -2.62. The molecular weight excluding hydrogens is 502 g/mol. The van der Waals surface area contributed by atoms with E-state index in [0.717, 1.165) is 4.90 Å². The molecule has 1 aliphatic heterocycles. The van der Waals surface area contributed by atoms with Crippen molar-refractivity contribution in [3.8, 4) is 0 Å². The maximum absolute atomic E-state index is 13.0. The molecule has 0 aliphatic carbocycles. The number of hydrogen-bond acceptors (Lipinski definition) is 8. The molecule has 8 heteroatoms. The summed E-state index contributed by atoms with van der Waals surface area (Å²) in [5, 5.41) is 13.0. The van der Waals surface area contributed by atoms with E-state index in [-0.39, 0.29) is 37.1 Å². The predicted molar refractivity (Wildman–Crippen MR) is 149 cm³/mol. The van der Waals surface area contributed by atoms with Crippen molar-refractivity contribution < 1.29 is 28.9 Å². The summed E-state index contributed by atoms with van der Waals surface area (Å²) < 4.78 is 18.5. The number of benzene rings is 2. The Labute approximate surface area is 230 Å². The van der Waals surface area contributed by atoms with Crippen LogP contribution in [0.3, 0.4) is 0 Å². The molecule has 0 bridgehead atoms. The van der Waals surface area contributed by atoms with Gasteiger partial charge in [0.25, 0.3) is 0 Å². The second-order valence-electron chi connectivity index (χ2n) is 11.2. The minimum Gasteiger partial charge on any atom is -0.462 e. The predicted octanol–water partition coefficient (Wildman–Crippen LogP) is 5.28. The van der Waals surface area contributed by atoms with Crippen LogP contribution in [-0.4, -0.2) is 53.6 Å². The molecule has 6 atom stereocenters. The van der Waals surface area contributed by atoms with E-state index in [2.05, 4.69) is 5.32 Å². The van der Waals surface area contributed by atoms with Crippen LogP contribution >= 0.6 is 11.8 Å². The zero-order valence-electron chi connectivity index (χ0n) is 23.2. The van der Waals surface area contributed by atoms with E-state index >= 15 is 0 Å². The zero-order chi connectivity index (χ0) is 27.9. The molecule has 0 spiro atoms. The fourth-order valence-corrected chi connectivity index (χ4v) is 5.67. The molecule has 208 valence electrons. The maximum atomic E-state index is 13.0. The van der Waals surface area contributed by atoms with Crippen LogP contribution < -0.4 is 5.32 Å². The number of rotatable bonds is 10. The summed E-state index contributed by atoms with van der Waals surface area (Å²) in [7, 11) is 0. The molecule has 38 heavy (non-hydrogen) atoms. The molecular formula is C30H41NO6S. The molecule has 1 saturated heterocycles. The van der Waals surface area contributed by atoms with Gasteiger partial charge in [0.15, 0.2) is 0 Å². The average Bonchev–Trinajstić information content (AvgIpc) is 2.88. The molecule has 0 aromatic heterocycles. The molecule has 3 rings (SSSR count). The minimum atomic E-state index is -0.697. The third-order valence-electron chi connectivity index (χ3n) is 6.89. The second kappa shape index (κ2) is 13.1. The van der Waals surface area contributed by atoms with Crippen molar-refractivity contribution in [1.29, 1.82) is 0 Å². The molecule has 0 amide bonds. The number of aliphatic hydroxyl groups is 1. The van der Waals surface area contributed by atoms with Crippen molar-refractivity contribution in [3.63, 3.8) is 0 Å². The largest absolute Gasteiger partial charge is 0.462 e. The Hall–Kier alpha value is -2.39. The van der Waals surface area contributed by atoms with Crippen molar-refractivity contribution in [2.75, 3.05) is 13.3 Å². The number of aliphatic hydroxyl groups excluding tert-OH is 1. The van der Waals surface area contributed by atoms with E-state index in [4.69, 9.17) is 14.2 Å². The summed E-state index contributed by atoms with van der Waals surface area (Å²) in [5.74, 6) is -0.855. The Kier molecular flexibility index (Phi) is 10.4. The van der Waals surface area contributed by atoms with Gasteiger partial charge in [0.05, 0.1) is 36.5 Å². The van der Waals surface area contributed by atoms with Gasteiger partial charge in [0.2, 0.25) is 0 Å². The number of esters is 2. The van der Waals surface area contributed by atoms with Gasteiger partial charge in [0.1, 0.15) is 11.0 Å². The van der Waals surface area contributed by atoms with E-state index < -0.39 is 28.6 Å². The van der Waals surface area contributed by atoms with Crippen molar-refractivity contribution in [2.24, 2.45) is 17.3 Å². The Balaban J connectivity index is 1.84. The molecule has 2 aromatic carbocycles. The van der Waals surface area contributed by atoms with Gasteiger partial charge in [-0.2, -0.15) is 0 Å². The normalized spacial score (nSPS) is 25.3. The number of hydrogen-bond donors (Lipinski definition) is 2. The number of carbonyl (C=O) groups is 2. The van der Waals surface area contributed by atoms with Crippen LogP contribution in [0.15, 0.2) is 65.6 Å². The number of thioether (sulfide) groups is 1. The molecule has 2 N–H and O–H groups in total. The van der Waals surface area contributed by atoms with E-state index in [1.807, 2.05) is 77.9 Å². The van der Waals surface area contributed by atoms with Crippen LogP contribution in [0.5, 0.6) is 0 Å². The summed E-state index contributed by atoms with van der Waals surface area (Å²) in [6.45, 7) is 11.4. The quantitative estimate of drug-likeness (QED) is 0.309. The van der Waals surface area contributed by atoms with Gasteiger partial charge in [-0.05, 0) is 63.8 Å². The van der Waals surface area contributed by atoms with Gasteiger partial charge in [0, 0.05) is 11.3 Å². The lowest BCUT2D eigenvalue weighted by Gasteiger charge is -2.49. The first kappa shape index (κ1) is 30.2. The molecule has 1 unspecified atom stereocenters. The highest BCUT2D eigenvalue weighted by Gasteiger charge is 2.50. The van der Waals surface area contributed by atoms with E-state index in [9.17, 15) is 14.7 Å². The minimum absolute atomic E-state index is 0.0706. The molecule has 0 radical (unpaired) electrons. The fraction of sp³-hybridized carbons (Fsp3) is 0.533. The molecule has 1 fully saturated rings. The molecule has 1 aliphatic rings. The molecule has 0 saturated carbocycles. The van der Waals surface area contributed by atoms with E-state index in [0.29, 0.717) is 12.0 Å². The highest BCUT2D eigenvalue weighted by atomic mass is 32.2. The average molecular weight is 544 g/mol. The second-order valence-corrected chi connectivity index (χ2v) is 12.8. The van der Waals surface area contributed by atoms with Gasteiger partial charge >= 0.3 is 11.9 Å². The van der Waals surface area contributed by atoms with E-state index in [1.165, 1.54) is 0 Å². The summed E-state index contributed by atoms with van der Waals surface area (Å²) in [6, 6.07) is 18.4. The maximum Gasteiger partial charge on any atom is 0.338 e. The summed E-state index contributed by atoms with van der Waals surface area (Å²) in [6.07, 6.45) is -0.525. The van der Waals surface area contributed by atoms with Gasteiger partial charge < -0.3 is 19.3 Å². The number of carbonyl (C=O) groups excluding carboxylic acids is 2. The molecule has 1 heterocycles. The Morgan fingerprint density at radius 1 is 1.11 bits per heavy atom. The van der Waals surface area contributed by atoms with Gasteiger partial charge in [-0.25, -0.2) is 4.79 Å². The summed E-state index contributed by atoms with van der Waals surface area (Å²) in [5.41, 5.74) is -0.174. The van der Waals surface area contributed by atoms with Crippen molar-refractivity contribution in [2.45, 2.75) is 76.0 Å². The Morgan fingerprint density at radius 2 is 1.71 bits per heavy atom. The topological polar surface area (TPSA) is 94.1 Å². The Bertz CT molecular complexity index is 1040. The first-order valence-electron chi connectivity index (χ1n) is 13.1. The standard InChI is InChI=1S/C30H41NO6S/c1-20(18-35-27(33)22-13-9-7-10-14-22)21(2)26-25(31-19-32)24(36-28(34)29(3,4)5)17-30(6,37-26)38-23-15-11-8-12-16-23/h7-16,20-21,24-26,31-32H,17-19H2,1-6H3/t20-,21-,24-,25-,26?,30+/m1/s1. The van der Waals surface area contributed by atoms with Crippen LogP contribution in [0.2, 0.25) is 0 Å². The van der Waals surface area contributed by atoms with Crippen molar-refractivity contribution in [3.05, 3.63) is 66.2 Å². The lowest BCUT2D eigenvalue weighted by molar-refractivity contribution is -0.188. The van der Waals surface area contributed by atoms with Crippen LogP contribution in [0, 0.1) is 17.3 Å². The monoisotopic (exact) mass is 543 g/mol. The van der Waals surface area contributed by atoms with Crippen LogP contribution in [0.25, 0.3) is 0 Å². The van der Waals surface area contributed by atoms with Gasteiger partial charge in [-0.1, -0.05) is 62.0 Å². The third kappa shape index (κ3) is 8.06. The van der Waals surface area contributed by atoms with Gasteiger partial charge in [-0.15, -0.1) is 0 Å². The van der Waals surface area contributed by atoms with Crippen molar-refractivity contribution >= 4 is 23.7 Å². The summed E-state index contributed by atoms with van der Waals surface area (Å²) in [4.78, 5) is 25.8. The first-order valence-corrected chi connectivity index (χ1v) is 13.9. The summed E-state index contributed by atoms with van der Waals surface area (Å²) >= 11 is 1.58. The van der Waals surface area contributed by atoms with Crippen molar-refractivity contribution in [1.82, 2.24) is 5.32 Å². The smallest absolute Gasteiger partial charge is 0.338 e. The van der Waals surface area contributed by atoms with Crippen LogP contribution in [0.4, 0.5) is 0 Å². The van der Waals surface area contributed by atoms with Crippen LogP contribution in [-0.2, 0) is 19.0 Å². The molecule has 7 nitrogen and oxygen atoms in total. The van der Waals surface area contributed by atoms with Gasteiger partial charge in [-0.3, -0.25) is 10.1 Å². The zero-order valence-corrected chi connectivity index (χ0v) is 24.0. The number of ether oxygens (including phenoxy) is 3. The lowest BCUT2D eigenvalue weighted by atomic mass is 9.82. The van der Waals surface area contributed by atoms with Crippen LogP contribution in [0.1, 0.15) is 58.3 Å².